The zero-order valence-electron chi connectivity index (χ0n) is 8.73. The van der Waals surface area contributed by atoms with E-state index in [1.54, 1.807) is 5.19 Å². The van der Waals surface area contributed by atoms with Crippen LogP contribution in [0.4, 0.5) is 0 Å². The molecule has 0 nitrogen and oxygen atoms in total. The van der Waals surface area contributed by atoms with Crippen LogP contribution in [-0.4, -0.2) is 8.80 Å². The van der Waals surface area contributed by atoms with Crippen molar-refractivity contribution in [2.24, 2.45) is 0 Å². The molecule has 0 unspecified atom stereocenters. The molecule has 0 aliphatic rings. The largest absolute Gasteiger partial charge is 0.322 e. The Morgan fingerprint density at radius 1 is 1.25 bits per heavy atom. The van der Waals surface area contributed by atoms with Crippen LogP contribution in [0.5, 0.6) is 0 Å². The lowest BCUT2D eigenvalue weighted by Crippen LogP contribution is -2.20. The molecule has 1 rings (SSSR count). The highest BCUT2D eigenvalue weighted by Gasteiger charge is 2.05. The molecular formula is C11H18Si-2. The molecular weight excluding hydrogens is 160 g/mol. The molecule has 0 heterocycles. The monoisotopic (exact) mass is 178 g/mol. The number of hydrogen-bond acceptors (Lipinski definition) is 0. The normalized spacial score (nSPS) is 11.8. The summed E-state index contributed by atoms with van der Waals surface area (Å²) < 4.78 is 0. The van der Waals surface area contributed by atoms with Crippen molar-refractivity contribution in [2.75, 3.05) is 0 Å². The SMILES string of the molecule is C[Si-](C)c1cc(C(C)(C)C)c[cH-]1. The van der Waals surface area contributed by atoms with Gasteiger partial charge in [-0.3, -0.25) is 0 Å². The maximum absolute atomic E-state index is 2.37. The molecule has 0 spiro atoms. The minimum atomic E-state index is -0.251. The summed E-state index contributed by atoms with van der Waals surface area (Å²) in [5.41, 5.74) is 1.79. The van der Waals surface area contributed by atoms with Gasteiger partial charge in [0.1, 0.15) is 0 Å². The van der Waals surface area contributed by atoms with E-state index >= 15 is 0 Å². The smallest absolute Gasteiger partial charge is 0.0677 e. The zero-order valence-corrected chi connectivity index (χ0v) is 9.73. The van der Waals surface area contributed by atoms with Crippen LogP contribution in [-0.2, 0) is 5.41 Å². The fourth-order valence-corrected chi connectivity index (χ4v) is 2.08. The molecule has 68 valence electrons. The highest BCUT2D eigenvalue weighted by Crippen LogP contribution is 2.21. The van der Waals surface area contributed by atoms with Crippen LogP contribution >= 0.6 is 0 Å². The maximum atomic E-state index is 2.37. The Morgan fingerprint density at radius 2 is 1.83 bits per heavy atom. The summed E-state index contributed by atoms with van der Waals surface area (Å²) in [4.78, 5) is 0. The highest BCUT2D eigenvalue weighted by atomic mass is 28.3. The molecule has 1 heteroatoms. The van der Waals surface area contributed by atoms with E-state index in [1.807, 2.05) is 0 Å². The van der Waals surface area contributed by atoms with Gasteiger partial charge in [0.15, 0.2) is 0 Å². The topological polar surface area (TPSA) is 0 Å². The first kappa shape index (κ1) is 9.65. The second-order valence-electron chi connectivity index (χ2n) is 4.64. The summed E-state index contributed by atoms with van der Waals surface area (Å²) in [6.07, 6.45) is 0. The Bertz CT molecular complexity index is 250. The second kappa shape index (κ2) is 3.13. The van der Waals surface area contributed by atoms with Crippen LogP contribution in [0, 0.1) is 0 Å². The van der Waals surface area contributed by atoms with E-state index < -0.39 is 0 Å². The van der Waals surface area contributed by atoms with E-state index in [1.165, 1.54) is 5.56 Å². The molecule has 0 saturated heterocycles. The zero-order chi connectivity index (χ0) is 9.35. The van der Waals surface area contributed by atoms with Gasteiger partial charge in [0.25, 0.3) is 0 Å². The van der Waals surface area contributed by atoms with Gasteiger partial charge in [-0.25, -0.2) is 12.1 Å². The van der Waals surface area contributed by atoms with Gasteiger partial charge in [0.2, 0.25) is 0 Å². The first-order valence-electron chi connectivity index (χ1n) is 4.49. The van der Waals surface area contributed by atoms with Gasteiger partial charge < -0.3 is 14.0 Å². The predicted molar refractivity (Wildman–Crippen MR) is 57.9 cm³/mol. The first-order chi connectivity index (χ1) is 5.41. The lowest BCUT2D eigenvalue weighted by Gasteiger charge is -2.26. The van der Waals surface area contributed by atoms with Crippen LogP contribution in [0.15, 0.2) is 18.2 Å². The van der Waals surface area contributed by atoms with Crippen molar-refractivity contribution in [1.82, 2.24) is 0 Å². The van der Waals surface area contributed by atoms with E-state index in [0.717, 1.165) is 0 Å². The standard InChI is InChI=1S/C11H18Si/c1-11(2,3)9-6-7-10(8-9)12(4)5/h6-8H,1-5H3/q-2. The van der Waals surface area contributed by atoms with Crippen molar-refractivity contribution >= 4 is 14.0 Å². The Kier molecular flexibility index (Phi) is 2.52. The highest BCUT2D eigenvalue weighted by molar-refractivity contribution is 6.70. The Morgan fingerprint density at radius 3 is 2.08 bits per heavy atom. The lowest BCUT2D eigenvalue weighted by molar-refractivity contribution is 0.592. The molecule has 0 bridgehead atoms. The quantitative estimate of drug-likeness (QED) is 0.458. The molecule has 1 aromatic rings. The first-order valence-corrected chi connectivity index (χ1v) is 6.99. The van der Waals surface area contributed by atoms with Gasteiger partial charge in [-0.2, -0.15) is 24.7 Å². The molecule has 0 saturated carbocycles. The molecule has 0 fully saturated rings. The van der Waals surface area contributed by atoms with Crippen molar-refractivity contribution in [1.29, 1.82) is 0 Å². The molecule has 0 aliphatic heterocycles. The van der Waals surface area contributed by atoms with E-state index in [4.69, 9.17) is 0 Å². The van der Waals surface area contributed by atoms with Crippen molar-refractivity contribution in [3.8, 4) is 0 Å². The molecule has 0 amide bonds. The van der Waals surface area contributed by atoms with Gasteiger partial charge >= 0.3 is 0 Å². The number of rotatable bonds is 1. The van der Waals surface area contributed by atoms with Gasteiger partial charge in [0, 0.05) is 0 Å². The van der Waals surface area contributed by atoms with Crippen LogP contribution in [0.2, 0.25) is 13.1 Å². The Hall–Kier alpha value is -0.433. The molecule has 0 aromatic heterocycles. The fourth-order valence-electron chi connectivity index (χ4n) is 1.22. The van der Waals surface area contributed by atoms with Gasteiger partial charge in [-0.15, -0.1) is 0 Å². The summed E-state index contributed by atoms with van der Waals surface area (Å²) in [7, 11) is -0.251. The van der Waals surface area contributed by atoms with Crippen LogP contribution in [0.3, 0.4) is 0 Å². The maximum Gasteiger partial charge on any atom is -0.0677 e. The summed E-state index contributed by atoms with van der Waals surface area (Å²) in [5.74, 6) is 0. The van der Waals surface area contributed by atoms with E-state index in [9.17, 15) is 0 Å². The molecule has 0 N–H and O–H groups in total. The van der Waals surface area contributed by atoms with E-state index in [2.05, 4.69) is 52.1 Å². The molecule has 12 heavy (non-hydrogen) atoms. The number of hydrogen-bond donors (Lipinski definition) is 0. The summed E-state index contributed by atoms with van der Waals surface area (Å²) in [5, 5.41) is 1.56. The second-order valence-corrected chi connectivity index (χ2v) is 7.22. The molecule has 1 aromatic carbocycles. The van der Waals surface area contributed by atoms with Crippen molar-refractivity contribution < 1.29 is 0 Å². The third-order valence-corrected chi connectivity index (χ3v) is 3.66. The van der Waals surface area contributed by atoms with E-state index in [-0.39, 0.29) is 8.80 Å². The van der Waals surface area contributed by atoms with Gasteiger partial charge in [-0.05, 0) is 0 Å². The van der Waals surface area contributed by atoms with Crippen molar-refractivity contribution in [2.45, 2.75) is 39.3 Å². The van der Waals surface area contributed by atoms with Crippen LogP contribution < -0.4 is 5.19 Å². The average Bonchev–Trinajstić information content (AvgIpc) is 2.30. The lowest BCUT2D eigenvalue weighted by atomic mass is 9.89. The van der Waals surface area contributed by atoms with E-state index in [0.29, 0.717) is 5.41 Å². The Labute approximate surface area is 77.6 Å². The average molecular weight is 178 g/mol. The minimum absolute atomic E-state index is 0.251. The summed E-state index contributed by atoms with van der Waals surface area (Å²) in [6, 6.07) is 6.93. The van der Waals surface area contributed by atoms with Gasteiger partial charge in [0.05, 0.1) is 0 Å². The fraction of sp³-hybridized carbons (Fsp3) is 0.545. The van der Waals surface area contributed by atoms with Gasteiger partial charge in [-0.1, -0.05) is 26.2 Å². The van der Waals surface area contributed by atoms with Crippen LogP contribution in [0.1, 0.15) is 26.3 Å². The summed E-state index contributed by atoms with van der Waals surface area (Å²) >= 11 is 0. The Balaban J connectivity index is 2.92. The third kappa shape index (κ3) is 2.04. The molecule has 0 aliphatic carbocycles. The summed E-state index contributed by atoms with van der Waals surface area (Å²) in [6.45, 7) is 11.5. The van der Waals surface area contributed by atoms with Crippen molar-refractivity contribution in [3.05, 3.63) is 23.8 Å². The van der Waals surface area contributed by atoms with Crippen LogP contribution in [0.25, 0.3) is 0 Å². The molecule has 0 radical (unpaired) electrons. The third-order valence-electron chi connectivity index (χ3n) is 2.20. The minimum Gasteiger partial charge on any atom is -0.322 e. The van der Waals surface area contributed by atoms with Crippen molar-refractivity contribution in [3.63, 3.8) is 0 Å². The molecule has 0 atom stereocenters. The predicted octanol–water partition coefficient (Wildman–Crippen LogP) is 2.66.